The molecule has 2 rings (SSSR count). The van der Waals surface area contributed by atoms with Crippen LogP contribution in [0.1, 0.15) is 36.5 Å². The number of hydrogen-bond acceptors (Lipinski definition) is 5. The molecule has 0 atom stereocenters. The monoisotopic (exact) mass is 346 g/mol. The van der Waals surface area contributed by atoms with Gasteiger partial charge in [0.2, 0.25) is 0 Å². The number of nitro benzene ring substituents is 1. The van der Waals surface area contributed by atoms with Crippen molar-refractivity contribution in [3.8, 4) is 5.69 Å². The van der Waals surface area contributed by atoms with E-state index in [9.17, 15) is 14.9 Å². The van der Waals surface area contributed by atoms with Crippen molar-refractivity contribution in [3.05, 3.63) is 52.6 Å². The zero-order valence-electron chi connectivity index (χ0n) is 14.2. The van der Waals surface area contributed by atoms with Crippen LogP contribution in [0.15, 0.2) is 36.9 Å². The Bertz CT molecular complexity index is 701. The lowest BCUT2D eigenvalue weighted by atomic mass is 10.1. The summed E-state index contributed by atoms with van der Waals surface area (Å²) in [5, 5.41) is 14.1. The van der Waals surface area contributed by atoms with Crippen LogP contribution in [0.25, 0.3) is 5.69 Å². The predicted octanol–water partition coefficient (Wildman–Crippen LogP) is 2.72. The summed E-state index contributed by atoms with van der Waals surface area (Å²) in [6, 6.07) is 4.39. The number of nitrogens with one attached hydrogen (secondary N) is 1. The Kier molecular flexibility index (Phi) is 7.09. The van der Waals surface area contributed by atoms with E-state index in [1.807, 2.05) is 0 Å². The minimum Gasteiger partial charge on any atom is -0.381 e. The quantitative estimate of drug-likeness (QED) is 0.405. The van der Waals surface area contributed by atoms with Crippen molar-refractivity contribution in [2.75, 3.05) is 19.8 Å². The maximum Gasteiger partial charge on any atom is 0.294 e. The van der Waals surface area contributed by atoms with E-state index >= 15 is 0 Å². The summed E-state index contributed by atoms with van der Waals surface area (Å²) in [6.45, 7) is 3.87. The molecule has 134 valence electrons. The van der Waals surface area contributed by atoms with Gasteiger partial charge in [-0.1, -0.05) is 13.3 Å². The SMILES string of the molecule is CCCCOCCCNC(=O)c1ccc(-n2ccnc2)c([N+](=O)[O-])c1. The first-order chi connectivity index (χ1) is 12.1. The van der Waals surface area contributed by atoms with E-state index in [1.54, 1.807) is 18.3 Å². The molecule has 2 aromatic rings. The molecule has 0 saturated heterocycles. The van der Waals surface area contributed by atoms with Gasteiger partial charge in [-0.05, 0) is 25.0 Å². The van der Waals surface area contributed by atoms with Crippen LogP contribution in [0.5, 0.6) is 0 Å². The number of carbonyl (C=O) groups excluding carboxylic acids is 1. The molecule has 0 bridgehead atoms. The van der Waals surface area contributed by atoms with Crippen LogP contribution in [0.3, 0.4) is 0 Å². The highest BCUT2D eigenvalue weighted by Gasteiger charge is 2.18. The normalized spacial score (nSPS) is 10.6. The van der Waals surface area contributed by atoms with Crippen molar-refractivity contribution in [3.63, 3.8) is 0 Å². The fraction of sp³-hybridized carbons (Fsp3) is 0.412. The van der Waals surface area contributed by atoms with E-state index < -0.39 is 4.92 Å². The highest BCUT2D eigenvalue weighted by atomic mass is 16.6. The number of imidazole rings is 1. The summed E-state index contributed by atoms with van der Waals surface area (Å²) < 4.78 is 6.96. The Morgan fingerprint density at radius 1 is 1.36 bits per heavy atom. The van der Waals surface area contributed by atoms with E-state index in [4.69, 9.17) is 4.74 Å². The van der Waals surface area contributed by atoms with E-state index in [2.05, 4.69) is 17.2 Å². The minimum absolute atomic E-state index is 0.145. The number of benzene rings is 1. The fourth-order valence-corrected chi connectivity index (χ4v) is 2.26. The molecule has 0 aliphatic carbocycles. The zero-order chi connectivity index (χ0) is 18.1. The van der Waals surface area contributed by atoms with Crippen molar-refractivity contribution < 1.29 is 14.5 Å². The molecule has 0 aliphatic heterocycles. The van der Waals surface area contributed by atoms with Gasteiger partial charge in [-0.3, -0.25) is 14.9 Å². The second-order valence-corrected chi connectivity index (χ2v) is 5.51. The van der Waals surface area contributed by atoms with Crippen molar-refractivity contribution in [2.45, 2.75) is 26.2 Å². The van der Waals surface area contributed by atoms with E-state index in [-0.39, 0.29) is 17.2 Å². The van der Waals surface area contributed by atoms with Gasteiger partial charge in [0.05, 0.1) is 11.3 Å². The van der Waals surface area contributed by atoms with Gasteiger partial charge < -0.3 is 14.6 Å². The third kappa shape index (κ3) is 5.39. The summed E-state index contributed by atoms with van der Waals surface area (Å²) in [6.07, 6.45) is 7.43. The molecule has 0 fully saturated rings. The van der Waals surface area contributed by atoms with Crippen molar-refractivity contribution in [1.29, 1.82) is 0 Å². The molecule has 0 saturated carbocycles. The van der Waals surface area contributed by atoms with Crippen molar-refractivity contribution in [1.82, 2.24) is 14.9 Å². The van der Waals surface area contributed by atoms with Gasteiger partial charge in [-0.25, -0.2) is 4.98 Å². The topological polar surface area (TPSA) is 99.3 Å². The van der Waals surface area contributed by atoms with Crippen LogP contribution >= 0.6 is 0 Å². The van der Waals surface area contributed by atoms with Gasteiger partial charge in [0, 0.05) is 43.8 Å². The summed E-state index contributed by atoms with van der Waals surface area (Å²) in [4.78, 5) is 26.8. The Labute approximate surface area is 146 Å². The molecule has 0 spiro atoms. The number of aromatic nitrogens is 2. The Morgan fingerprint density at radius 3 is 2.84 bits per heavy atom. The van der Waals surface area contributed by atoms with Crippen LogP contribution in [-0.2, 0) is 4.74 Å². The first-order valence-corrected chi connectivity index (χ1v) is 8.26. The molecular weight excluding hydrogens is 324 g/mol. The van der Waals surface area contributed by atoms with Crippen LogP contribution in [-0.4, -0.2) is 40.1 Å². The first kappa shape index (κ1) is 18.6. The predicted molar refractivity (Wildman–Crippen MR) is 92.9 cm³/mol. The molecule has 0 unspecified atom stereocenters. The molecule has 25 heavy (non-hydrogen) atoms. The van der Waals surface area contributed by atoms with Crippen molar-refractivity contribution >= 4 is 11.6 Å². The highest BCUT2D eigenvalue weighted by molar-refractivity contribution is 5.95. The molecule has 0 radical (unpaired) electrons. The van der Waals surface area contributed by atoms with Crippen LogP contribution < -0.4 is 5.32 Å². The Hall–Kier alpha value is -2.74. The van der Waals surface area contributed by atoms with Crippen LogP contribution in [0.4, 0.5) is 5.69 Å². The number of unbranched alkanes of at least 4 members (excludes halogenated alkanes) is 1. The maximum atomic E-state index is 12.2. The lowest BCUT2D eigenvalue weighted by molar-refractivity contribution is -0.384. The summed E-state index contributed by atoms with van der Waals surface area (Å²) in [5.74, 6) is -0.339. The summed E-state index contributed by atoms with van der Waals surface area (Å²) in [7, 11) is 0. The van der Waals surface area contributed by atoms with E-state index in [0.717, 1.165) is 19.4 Å². The van der Waals surface area contributed by atoms with Gasteiger partial charge >= 0.3 is 0 Å². The summed E-state index contributed by atoms with van der Waals surface area (Å²) in [5.41, 5.74) is 0.472. The van der Waals surface area contributed by atoms with Gasteiger partial charge in [0.1, 0.15) is 5.69 Å². The number of amides is 1. The van der Waals surface area contributed by atoms with Crippen LogP contribution in [0, 0.1) is 10.1 Å². The highest BCUT2D eigenvalue weighted by Crippen LogP contribution is 2.24. The van der Waals surface area contributed by atoms with Gasteiger partial charge in [0.15, 0.2) is 0 Å². The largest absolute Gasteiger partial charge is 0.381 e. The van der Waals surface area contributed by atoms with E-state index in [1.165, 1.54) is 23.2 Å². The van der Waals surface area contributed by atoms with Gasteiger partial charge in [-0.2, -0.15) is 0 Å². The van der Waals surface area contributed by atoms with Crippen molar-refractivity contribution in [2.24, 2.45) is 0 Å². The van der Waals surface area contributed by atoms with Gasteiger partial charge in [0.25, 0.3) is 11.6 Å². The standard InChI is InChI=1S/C17H22N4O4/c1-2-3-10-25-11-4-7-19-17(22)14-5-6-15(16(12-14)21(23)24)20-9-8-18-13-20/h5-6,8-9,12-13H,2-4,7,10-11H2,1H3,(H,19,22). The van der Waals surface area contributed by atoms with E-state index in [0.29, 0.717) is 25.3 Å². The molecule has 1 amide bonds. The Balaban J connectivity index is 1.94. The number of ether oxygens (including phenoxy) is 1. The third-order valence-corrected chi connectivity index (χ3v) is 3.61. The smallest absolute Gasteiger partial charge is 0.294 e. The molecule has 1 aromatic heterocycles. The molecule has 8 nitrogen and oxygen atoms in total. The molecule has 8 heteroatoms. The second kappa shape index (κ2) is 9.53. The van der Waals surface area contributed by atoms with Gasteiger partial charge in [-0.15, -0.1) is 0 Å². The lowest BCUT2D eigenvalue weighted by Crippen LogP contribution is -2.25. The second-order valence-electron chi connectivity index (χ2n) is 5.51. The number of nitro groups is 1. The number of nitrogens with zero attached hydrogens (tertiary/aromatic N) is 3. The number of carbonyl (C=O) groups is 1. The molecular formula is C17H22N4O4. The maximum absolute atomic E-state index is 12.2. The molecule has 0 aliphatic rings. The Morgan fingerprint density at radius 2 is 2.16 bits per heavy atom. The zero-order valence-corrected chi connectivity index (χ0v) is 14.2. The third-order valence-electron chi connectivity index (χ3n) is 3.61. The minimum atomic E-state index is -0.506. The lowest BCUT2D eigenvalue weighted by Gasteiger charge is -2.08. The molecule has 1 heterocycles. The van der Waals surface area contributed by atoms with Crippen LogP contribution in [0.2, 0.25) is 0 Å². The molecule has 1 aromatic carbocycles. The fourth-order valence-electron chi connectivity index (χ4n) is 2.26. The number of rotatable bonds is 10. The molecule has 1 N–H and O–H groups in total. The average Bonchev–Trinajstić information content (AvgIpc) is 3.14. The summed E-state index contributed by atoms with van der Waals surface area (Å²) >= 11 is 0. The number of hydrogen-bond donors (Lipinski definition) is 1. The average molecular weight is 346 g/mol. The first-order valence-electron chi connectivity index (χ1n) is 8.26.